The summed E-state index contributed by atoms with van der Waals surface area (Å²) in [7, 11) is 0. The second-order valence-corrected chi connectivity index (χ2v) is 7.10. The molecule has 2 rings (SSSR count). The second-order valence-electron chi connectivity index (χ2n) is 7.10. The van der Waals surface area contributed by atoms with E-state index in [2.05, 4.69) is 5.32 Å². The Bertz CT molecular complexity index is 825. The van der Waals surface area contributed by atoms with Gasteiger partial charge in [0.1, 0.15) is 12.6 Å². The molecule has 5 N–H and O–H groups in total. The molecule has 2 aromatic rings. The standard InChI is InChI=1S/C22H28N2O5/c1-3-14(2)20(22(28)29-13-15-7-5-4-6-8-15)24-21(27)17(23)11-16-9-10-18(25)19(26)12-16/h4-10,12,14,17,20,25-26H,3,11,13,23H2,1-2H3,(H,24,27)/t14-,17-,20-/m0/s1. The molecular weight excluding hydrogens is 372 g/mol. The van der Waals surface area contributed by atoms with Gasteiger partial charge in [0.05, 0.1) is 6.04 Å². The number of nitrogens with two attached hydrogens (primary N) is 1. The molecule has 1 amide bonds. The lowest BCUT2D eigenvalue weighted by atomic mass is 9.98. The third-order valence-electron chi connectivity index (χ3n) is 4.82. The molecule has 0 spiro atoms. The molecule has 7 nitrogen and oxygen atoms in total. The van der Waals surface area contributed by atoms with Crippen molar-refractivity contribution in [2.24, 2.45) is 11.7 Å². The number of benzene rings is 2. The van der Waals surface area contributed by atoms with Crippen LogP contribution in [0.5, 0.6) is 11.5 Å². The monoisotopic (exact) mass is 400 g/mol. The van der Waals surface area contributed by atoms with Crippen LogP contribution in [0.3, 0.4) is 0 Å². The first-order valence-electron chi connectivity index (χ1n) is 9.59. The number of rotatable bonds is 9. The van der Waals surface area contributed by atoms with Crippen molar-refractivity contribution in [3.63, 3.8) is 0 Å². The fourth-order valence-corrected chi connectivity index (χ4v) is 2.79. The normalized spacial score (nSPS) is 13.9. The number of phenols is 2. The van der Waals surface area contributed by atoms with Crippen LogP contribution >= 0.6 is 0 Å². The molecule has 0 aliphatic heterocycles. The topological polar surface area (TPSA) is 122 Å². The van der Waals surface area contributed by atoms with Crippen molar-refractivity contribution in [1.29, 1.82) is 0 Å². The molecule has 0 unspecified atom stereocenters. The molecule has 156 valence electrons. The number of hydrogen-bond donors (Lipinski definition) is 4. The first kappa shape index (κ1) is 22.2. The van der Waals surface area contributed by atoms with Crippen LogP contribution in [-0.4, -0.2) is 34.2 Å². The van der Waals surface area contributed by atoms with Gasteiger partial charge in [0.25, 0.3) is 0 Å². The Hall–Kier alpha value is -3.06. The maximum atomic E-state index is 12.6. The molecule has 0 saturated heterocycles. The van der Waals surface area contributed by atoms with Crippen LogP contribution in [0.15, 0.2) is 48.5 Å². The number of carbonyl (C=O) groups is 2. The Morgan fingerprint density at radius 1 is 1.07 bits per heavy atom. The molecule has 3 atom stereocenters. The lowest BCUT2D eigenvalue weighted by Crippen LogP contribution is -2.52. The van der Waals surface area contributed by atoms with Gasteiger partial charge in [-0.1, -0.05) is 56.7 Å². The summed E-state index contributed by atoms with van der Waals surface area (Å²) >= 11 is 0. The first-order chi connectivity index (χ1) is 13.8. The van der Waals surface area contributed by atoms with E-state index in [1.807, 2.05) is 44.2 Å². The molecule has 0 aliphatic rings. The van der Waals surface area contributed by atoms with Crippen molar-refractivity contribution in [3.05, 3.63) is 59.7 Å². The van der Waals surface area contributed by atoms with Gasteiger partial charge in [0.15, 0.2) is 11.5 Å². The van der Waals surface area contributed by atoms with Crippen LogP contribution in [-0.2, 0) is 27.4 Å². The Morgan fingerprint density at radius 3 is 2.38 bits per heavy atom. The second kappa shape index (κ2) is 10.5. The van der Waals surface area contributed by atoms with Gasteiger partial charge in [-0.25, -0.2) is 4.79 Å². The third-order valence-corrected chi connectivity index (χ3v) is 4.82. The van der Waals surface area contributed by atoms with Crippen molar-refractivity contribution in [2.45, 2.75) is 45.4 Å². The Morgan fingerprint density at radius 2 is 1.76 bits per heavy atom. The quantitative estimate of drug-likeness (QED) is 0.378. The summed E-state index contributed by atoms with van der Waals surface area (Å²) in [6.45, 7) is 3.91. The summed E-state index contributed by atoms with van der Waals surface area (Å²) in [6, 6.07) is 11.8. The van der Waals surface area contributed by atoms with E-state index in [9.17, 15) is 19.8 Å². The summed E-state index contributed by atoms with van der Waals surface area (Å²) in [5.74, 6) is -1.65. The van der Waals surface area contributed by atoms with Gasteiger partial charge in [0.2, 0.25) is 5.91 Å². The predicted molar refractivity (Wildman–Crippen MR) is 109 cm³/mol. The van der Waals surface area contributed by atoms with Gasteiger partial charge < -0.3 is 26.0 Å². The number of ether oxygens (including phenoxy) is 1. The third kappa shape index (κ3) is 6.50. The van der Waals surface area contributed by atoms with Gasteiger partial charge in [0, 0.05) is 0 Å². The summed E-state index contributed by atoms with van der Waals surface area (Å²) in [5.41, 5.74) is 7.44. The number of carbonyl (C=O) groups excluding carboxylic acids is 2. The Labute approximate surface area is 170 Å². The van der Waals surface area contributed by atoms with Crippen molar-refractivity contribution in [2.75, 3.05) is 0 Å². The van der Waals surface area contributed by atoms with Crippen molar-refractivity contribution < 1.29 is 24.5 Å². The van der Waals surface area contributed by atoms with E-state index in [0.717, 1.165) is 5.56 Å². The van der Waals surface area contributed by atoms with Crippen molar-refractivity contribution >= 4 is 11.9 Å². The highest BCUT2D eigenvalue weighted by atomic mass is 16.5. The minimum atomic E-state index is -0.924. The zero-order chi connectivity index (χ0) is 21.4. The fourth-order valence-electron chi connectivity index (χ4n) is 2.79. The number of hydrogen-bond acceptors (Lipinski definition) is 6. The van der Waals surface area contributed by atoms with E-state index in [-0.39, 0.29) is 30.4 Å². The van der Waals surface area contributed by atoms with E-state index < -0.39 is 24.0 Å². The Kier molecular flexibility index (Phi) is 8.03. The van der Waals surface area contributed by atoms with Gasteiger partial charge in [-0.2, -0.15) is 0 Å². The summed E-state index contributed by atoms with van der Waals surface area (Å²) in [6.07, 6.45) is 0.818. The number of amides is 1. The van der Waals surface area contributed by atoms with Gasteiger partial charge >= 0.3 is 5.97 Å². The molecule has 7 heteroatoms. The van der Waals surface area contributed by atoms with E-state index >= 15 is 0 Å². The molecule has 0 aromatic heterocycles. The molecule has 0 radical (unpaired) electrons. The first-order valence-corrected chi connectivity index (χ1v) is 9.59. The lowest BCUT2D eigenvalue weighted by Gasteiger charge is -2.24. The highest BCUT2D eigenvalue weighted by molar-refractivity contribution is 5.87. The molecule has 0 aliphatic carbocycles. The number of esters is 1. The number of phenolic OH excluding ortho intramolecular Hbond substituents is 2. The number of nitrogens with one attached hydrogen (secondary N) is 1. The average molecular weight is 400 g/mol. The van der Waals surface area contributed by atoms with Crippen LogP contribution in [0.4, 0.5) is 0 Å². The highest BCUT2D eigenvalue weighted by Gasteiger charge is 2.29. The molecule has 0 bridgehead atoms. The Balaban J connectivity index is 1.99. The number of aromatic hydroxyl groups is 2. The molecule has 29 heavy (non-hydrogen) atoms. The molecular formula is C22H28N2O5. The van der Waals surface area contributed by atoms with E-state index in [1.54, 1.807) is 6.07 Å². The fraction of sp³-hybridized carbons (Fsp3) is 0.364. The molecule has 0 saturated carbocycles. The average Bonchev–Trinajstić information content (AvgIpc) is 2.72. The zero-order valence-corrected chi connectivity index (χ0v) is 16.7. The molecule has 0 fully saturated rings. The molecule has 0 heterocycles. The SMILES string of the molecule is CC[C@H](C)[C@H](NC(=O)[C@@H](N)Cc1ccc(O)c(O)c1)C(=O)OCc1ccccc1. The van der Waals surface area contributed by atoms with Crippen molar-refractivity contribution in [1.82, 2.24) is 5.32 Å². The van der Waals surface area contributed by atoms with Crippen LogP contribution in [0.1, 0.15) is 31.4 Å². The smallest absolute Gasteiger partial charge is 0.329 e. The van der Waals surface area contributed by atoms with Gasteiger partial charge in [-0.05, 0) is 35.6 Å². The van der Waals surface area contributed by atoms with Crippen LogP contribution in [0.25, 0.3) is 0 Å². The van der Waals surface area contributed by atoms with Crippen LogP contribution in [0, 0.1) is 5.92 Å². The van der Waals surface area contributed by atoms with E-state index in [4.69, 9.17) is 10.5 Å². The van der Waals surface area contributed by atoms with Gasteiger partial charge in [-0.15, -0.1) is 0 Å². The van der Waals surface area contributed by atoms with Crippen LogP contribution in [0.2, 0.25) is 0 Å². The predicted octanol–water partition coefficient (Wildman–Crippen LogP) is 2.24. The largest absolute Gasteiger partial charge is 0.504 e. The summed E-state index contributed by atoms with van der Waals surface area (Å²) in [4.78, 5) is 25.1. The van der Waals surface area contributed by atoms with E-state index in [1.165, 1.54) is 12.1 Å². The zero-order valence-electron chi connectivity index (χ0n) is 16.7. The minimum Gasteiger partial charge on any atom is -0.504 e. The van der Waals surface area contributed by atoms with E-state index in [0.29, 0.717) is 12.0 Å². The van der Waals surface area contributed by atoms with Gasteiger partial charge in [-0.3, -0.25) is 4.79 Å². The maximum absolute atomic E-state index is 12.6. The van der Waals surface area contributed by atoms with Crippen molar-refractivity contribution in [3.8, 4) is 11.5 Å². The van der Waals surface area contributed by atoms with Crippen LogP contribution < -0.4 is 11.1 Å². The lowest BCUT2D eigenvalue weighted by molar-refractivity contribution is -0.150. The summed E-state index contributed by atoms with van der Waals surface area (Å²) in [5, 5.41) is 21.7. The minimum absolute atomic E-state index is 0.126. The summed E-state index contributed by atoms with van der Waals surface area (Å²) < 4.78 is 5.39. The highest BCUT2D eigenvalue weighted by Crippen LogP contribution is 2.25. The molecule has 2 aromatic carbocycles. The maximum Gasteiger partial charge on any atom is 0.329 e.